The summed E-state index contributed by atoms with van der Waals surface area (Å²) in [7, 11) is 0. The van der Waals surface area contributed by atoms with Crippen LogP contribution in [0.4, 0.5) is 0 Å². The molecule has 466 valence electrons. The average molecular weight is 1100 g/mol. The molecule has 0 bridgehead atoms. The molecule has 0 aromatic carbocycles. The number of nitrogens with one attached hydrogen (secondary N) is 1. The summed E-state index contributed by atoms with van der Waals surface area (Å²) >= 11 is 0. The molecule has 2 unspecified atom stereocenters. The lowest BCUT2D eigenvalue weighted by atomic mass is 10.0. The molecule has 0 saturated heterocycles. The first-order chi connectivity index (χ1) is 38.5. The zero-order valence-corrected chi connectivity index (χ0v) is 53.4. The van der Waals surface area contributed by atoms with Crippen molar-refractivity contribution in [3.8, 4) is 0 Å². The third kappa shape index (κ3) is 64.0. The van der Waals surface area contributed by atoms with Gasteiger partial charge in [-0.05, 0) is 25.7 Å². The molecule has 0 aliphatic rings. The van der Waals surface area contributed by atoms with Crippen LogP contribution in [0.5, 0.6) is 0 Å². The Morgan fingerprint density at radius 1 is 0.308 bits per heavy atom. The molecular weight excluding hydrogens is 959 g/mol. The maximum atomic E-state index is 12.5. The predicted molar refractivity (Wildman–Crippen MR) is 343 cm³/mol. The second-order valence-electron chi connectivity index (χ2n) is 25.3. The summed E-state index contributed by atoms with van der Waals surface area (Å²) in [5, 5.41) is 23.4. The lowest BCUT2D eigenvalue weighted by molar-refractivity contribution is -0.143. The van der Waals surface area contributed by atoms with E-state index in [9.17, 15) is 19.8 Å². The summed E-state index contributed by atoms with van der Waals surface area (Å²) < 4.78 is 5.51. The van der Waals surface area contributed by atoms with Crippen LogP contribution in [0.25, 0.3) is 0 Å². The number of hydrogen-bond donors (Lipinski definition) is 3. The van der Waals surface area contributed by atoms with Gasteiger partial charge in [0.2, 0.25) is 5.91 Å². The van der Waals surface area contributed by atoms with E-state index in [-0.39, 0.29) is 18.5 Å². The van der Waals surface area contributed by atoms with Crippen LogP contribution in [-0.4, -0.2) is 47.4 Å². The summed E-state index contributed by atoms with van der Waals surface area (Å²) in [6.07, 6.45) is 83.0. The first-order valence-electron chi connectivity index (χ1n) is 36.3. The molecule has 0 fully saturated rings. The maximum absolute atomic E-state index is 12.5. The summed E-state index contributed by atoms with van der Waals surface area (Å²) in [5.74, 6) is -0.00639. The van der Waals surface area contributed by atoms with Gasteiger partial charge >= 0.3 is 5.97 Å². The number of aliphatic hydroxyl groups excluding tert-OH is 2. The fourth-order valence-electron chi connectivity index (χ4n) is 11.9. The molecule has 0 rings (SSSR count). The van der Waals surface area contributed by atoms with Crippen LogP contribution >= 0.6 is 0 Å². The minimum absolute atomic E-state index is 0.0214. The van der Waals surface area contributed by atoms with Gasteiger partial charge in [-0.15, -0.1) is 0 Å². The van der Waals surface area contributed by atoms with Crippen LogP contribution in [0.15, 0.2) is 0 Å². The highest BCUT2D eigenvalue weighted by Gasteiger charge is 2.20. The number of amides is 1. The highest BCUT2D eigenvalue weighted by Crippen LogP contribution is 2.20. The number of unbranched alkanes of at least 4 members (excludes halogenated alkanes) is 58. The van der Waals surface area contributed by atoms with Gasteiger partial charge in [-0.3, -0.25) is 9.59 Å². The van der Waals surface area contributed by atoms with Gasteiger partial charge in [0, 0.05) is 12.8 Å². The van der Waals surface area contributed by atoms with Crippen molar-refractivity contribution in [3.63, 3.8) is 0 Å². The minimum atomic E-state index is -0.663. The van der Waals surface area contributed by atoms with E-state index in [4.69, 9.17) is 4.74 Å². The number of hydrogen-bond acceptors (Lipinski definition) is 5. The first-order valence-corrected chi connectivity index (χ1v) is 36.3. The molecule has 0 aliphatic heterocycles. The van der Waals surface area contributed by atoms with Crippen molar-refractivity contribution in [2.75, 3.05) is 13.2 Å². The largest absolute Gasteiger partial charge is 0.466 e. The number of carbonyl (C=O) groups is 2. The van der Waals surface area contributed by atoms with Gasteiger partial charge in [-0.2, -0.15) is 0 Å². The Morgan fingerprint density at radius 3 is 0.782 bits per heavy atom. The average Bonchev–Trinajstić information content (AvgIpc) is 3.44. The van der Waals surface area contributed by atoms with Crippen molar-refractivity contribution in [3.05, 3.63) is 0 Å². The van der Waals surface area contributed by atoms with E-state index in [1.807, 2.05) is 0 Å². The van der Waals surface area contributed by atoms with E-state index in [1.165, 1.54) is 353 Å². The fourth-order valence-corrected chi connectivity index (χ4v) is 11.9. The molecule has 6 heteroatoms. The smallest absolute Gasteiger partial charge is 0.305 e. The molecule has 0 aliphatic carbocycles. The molecule has 6 nitrogen and oxygen atoms in total. The minimum Gasteiger partial charge on any atom is -0.466 e. The summed E-state index contributed by atoms with van der Waals surface area (Å²) in [6.45, 7) is 5.01. The Kier molecular flexibility index (Phi) is 67.4. The van der Waals surface area contributed by atoms with Crippen LogP contribution in [0, 0.1) is 0 Å². The summed E-state index contributed by atoms with van der Waals surface area (Å²) in [4.78, 5) is 24.6. The monoisotopic (exact) mass is 1100 g/mol. The Labute approximate surface area is 489 Å². The molecule has 0 saturated carbocycles. The van der Waals surface area contributed by atoms with E-state index < -0.39 is 12.1 Å². The van der Waals surface area contributed by atoms with Crippen molar-refractivity contribution in [2.24, 2.45) is 0 Å². The SMILES string of the molecule is CCCCCCCCCCCCCCCCCCCCCCC(O)C(CO)NC(=O)CCCCCCCCCCCCCCCCCCCCCCCCCCCOC(=O)CCCCCCCCCCCCCCCCCC. The quantitative estimate of drug-likeness (QED) is 0.0417. The lowest BCUT2D eigenvalue weighted by Gasteiger charge is -2.22. The molecule has 0 spiro atoms. The van der Waals surface area contributed by atoms with Crippen LogP contribution < -0.4 is 5.32 Å². The van der Waals surface area contributed by atoms with Crippen LogP contribution in [0.1, 0.15) is 425 Å². The molecule has 0 aromatic rings. The second-order valence-corrected chi connectivity index (χ2v) is 25.3. The molecule has 0 heterocycles. The van der Waals surface area contributed by atoms with Gasteiger partial charge in [0.25, 0.3) is 0 Å². The summed E-state index contributed by atoms with van der Waals surface area (Å²) in [5.41, 5.74) is 0. The Balaban J connectivity index is 3.34. The van der Waals surface area contributed by atoms with Gasteiger partial charge in [-0.25, -0.2) is 0 Å². The van der Waals surface area contributed by atoms with E-state index in [0.29, 0.717) is 25.9 Å². The zero-order valence-electron chi connectivity index (χ0n) is 53.4. The molecule has 0 radical (unpaired) electrons. The third-order valence-corrected chi connectivity index (χ3v) is 17.4. The highest BCUT2D eigenvalue weighted by atomic mass is 16.5. The highest BCUT2D eigenvalue weighted by molar-refractivity contribution is 5.76. The van der Waals surface area contributed by atoms with Gasteiger partial charge in [-0.1, -0.05) is 386 Å². The third-order valence-electron chi connectivity index (χ3n) is 17.4. The maximum Gasteiger partial charge on any atom is 0.305 e. The van der Waals surface area contributed by atoms with E-state index in [0.717, 1.165) is 38.5 Å². The normalized spacial score (nSPS) is 12.4. The molecule has 1 amide bonds. The van der Waals surface area contributed by atoms with Gasteiger partial charge in [0.1, 0.15) is 0 Å². The molecule has 0 aromatic heterocycles. The van der Waals surface area contributed by atoms with Crippen molar-refractivity contribution < 1.29 is 24.5 Å². The van der Waals surface area contributed by atoms with Gasteiger partial charge < -0.3 is 20.3 Å². The van der Waals surface area contributed by atoms with Gasteiger partial charge in [0.15, 0.2) is 0 Å². The molecular formula is C72H143NO5. The van der Waals surface area contributed by atoms with Crippen molar-refractivity contribution in [2.45, 2.75) is 437 Å². The van der Waals surface area contributed by atoms with Crippen LogP contribution in [-0.2, 0) is 14.3 Å². The van der Waals surface area contributed by atoms with Crippen LogP contribution in [0.2, 0.25) is 0 Å². The Morgan fingerprint density at radius 2 is 0.526 bits per heavy atom. The van der Waals surface area contributed by atoms with E-state index in [2.05, 4.69) is 19.2 Å². The molecule has 78 heavy (non-hydrogen) atoms. The van der Waals surface area contributed by atoms with Crippen molar-refractivity contribution >= 4 is 11.9 Å². The standard InChI is InChI=1S/C72H143NO5/c1-3-5-7-9-11-13-15-17-19-21-22-30-33-36-40-44-48-52-56-60-64-70(75)69(68-74)73-71(76)65-61-57-53-49-45-41-37-34-31-28-26-24-23-25-27-29-32-35-39-43-47-51-55-59-63-67-78-72(77)66-62-58-54-50-46-42-38-20-18-16-14-12-10-8-6-4-2/h69-70,74-75H,3-68H2,1-2H3,(H,73,76). The number of aliphatic hydroxyl groups is 2. The fraction of sp³-hybridized carbons (Fsp3) is 0.972. The molecule has 3 N–H and O–H groups in total. The van der Waals surface area contributed by atoms with E-state index in [1.54, 1.807) is 0 Å². The zero-order chi connectivity index (χ0) is 56.4. The van der Waals surface area contributed by atoms with Crippen molar-refractivity contribution in [1.82, 2.24) is 5.32 Å². The number of ether oxygens (including phenoxy) is 1. The number of carbonyl (C=O) groups excluding carboxylic acids is 2. The Bertz CT molecular complexity index is 1130. The topological polar surface area (TPSA) is 95.9 Å². The number of esters is 1. The molecule has 2 atom stereocenters. The number of rotatable bonds is 69. The van der Waals surface area contributed by atoms with Crippen molar-refractivity contribution in [1.29, 1.82) is 0 Å². The first kappa shape index (κ1) is 76.9. The van der Waals surface area contributed by atoms with E-state index >= 15 is 0 Å². The van der Waals surface area contributed by atoms with Gasteiger partial charge in [0.05, 0.1) is 25.4 Å². The second kappa shape index (κ2) is 68.4. The predicted octanol–water partition coefficient (Wildman–Crippen LogP) is 23.4. The van der Waals surface area contributed by atoms with Crippen LogP contribution in [0.3, 0.4) is 0 Å². The Hall–Kier alpha value is -1.14. The summed E-state index contributed by atoms with van der Waals surface area (Å²) in [6, 6.07) is -0.540. The lowest BCUT2D eigenvalue weighted by Crippen LogP contribution is -2.45.